The SMILES string of the molecule is COCCN(CC(=O)Nc1cc(C(C)(C)C)nn1-c1cccc(C)c1)C(=O)C1CCCC1. The van der Waals surface area contributed by atoms with E-state index < -0.39 is 0 Å². The molecule has 1 aromatic carbocycles. The quantitative estimate of drug-likeness (QED) is 0.671. The van der Waals surface area contributed by atoms with Crippen LogP contribution >= 0.6 is 0 Å². The van der Waals surface area contributed by atoms with Crippen LogP contribution in [0.15, 0.2) is 30.3 Å². The van der Waals surface area contributed by atoms with Crippen molar-refractivity contribution in [3.63, 3.8) is 0 Å². The maximum absolute atomic E-state index is 13.0. The lowest BCUT2D eigenvalue weighted by atomic mass is 9.92. The Labute approximate surface area is 191 Å². The van der Waals surface area contributed by atoms with Gasteiger partial charge in [-0.2, -0.15) is 5.10 Å². The average molecular weight is 441 g/mol. The zero-order chi connectivity index (χ0) is 23.3. The van der Waals surface area contributed by atoms with E-state index in [1.807, 2.05) is 37.3 Å². The maximum Gasteiger partial charge on any atom is 0.245 e. The van der Waals surface area contributed by atoms with E-state index in [2.05, 4.69) is 26.1 Å². The van der Waals surface area contributed by atoms with Crippen molar-refractivity contribution in [1.29, 1.82) is 0 Å². The molecule has 32 heavy (non-hydrogen) atoms. The molecule has 1 aliphatic carbocycles. The fourth-order valence-corrected chi connectivity index (χ4v) is 4.05. The highest BCUT2D eigenvalue weighted by atomic mass is 16.5. The van der Waals surface area contributed by atoms with Gasteiger partial charge in [0.15, 0.2) is 0 Å². The van der Waals surface area contributed by atoms with Crippen molar-refractivity contribution in [1.82, 2.24) is 14.7 Å². The molecule has 1 N–H and O–H groups in total. The molecule has 1 aromatic heterocycles. The van der Waals surface area contributed by atoms with Crippen LogP contribution in [0.3, 0.4) is 0 Å². The van der Waals surface area contributed by atoms with Gasteiger partial charge < -0.3 is 15.0 Å². The molecule has 0 spiro atoms. The summed E-state index contributed by atoms with van der Waals surface area (Å²) in [5.74, 6) is 0.439. The molecule has 1 heterocycles. The summed E-state index contributed by atoms with van der Waals surface area (Å²) in [6, 6.07) is 9.92. The standard InChI is InChI=1S/C25H36N4O3/c1-18-9-8-12-20(15-18)29-22(16-21(27-29)25(2,3)4)26-23(30)17-28(13-14-32-5)24(31)19-10-6-7-11-19/h8-9,12,15-16,19H,6-7,10-11,13-14,17H2,1-5H3,(H,26,30). The number of methoxy groups -OCH3 is 1. The van der Waals surface area contributed by atoms with Crippen molar-refractivity contribution in [3.8, 4) is 5.69 Å². The third-order valence-electron chi connectivity index (χ3n) is 5.91. The van der Waals surface area contributed by atoms with Crippen molar-refractivity contribution < 1.29 is 14.3 Å². The minimum atomic E-state index is -0.235. The molecule has 1 aliphatic rings. The smallest absolute Gasteiger partial charge is 0.245 e. The first-order valence-corrected chi connectivity index (χ1v) is 11.4. The molecule has 0 saturated heterocycles. The molecule has 0 atom stereocenters. The minimum absolute atomic E-state index is 0.00252. The fraction of sp³-hybridized carbons (Fsp3) is 0.560. The fourth-order valence-electron chi connectivity index (χ4n) is 4.05. The summed E-state index contributed by atoms with van der Waals surface area (Å²) in [5, 5.41) is 7.77. The number of carbonyl (C=O) groups is 2. The summed E-state index contributed by atoms with van der Waals surface area (Å²) in [7, 11) is 1.60. The summed E-state index contributed by atoms with van der Waals surface area (Å²) in [6.45, 7) is 9.11. The van der Waals surface area contributed by atoms with Crippen LogP contribution < -0.4 is 5.32 Å². The first-order valence-electron chi connectivity index (χ1n) is 11.4. The first kappa shape index (κ1) is 24.0. The van der Waals surface area contributed by atoms with E-state index in [0.717, 1.165) is 42.6 Å². The number of carbonyl (C=O) groups excluding carboxylic acids is 2. The number of hydrogen-bond acceptors (Lipinski definition) is 4. The number of amides is 2. The molecule has 2 amide bonds. The molecule has 0 radical (unpaired) electrons. The van der Waals surface area contributed by atoms with E-state index in [0.29, 0.717) is 19.0 Å². The predicted molar refractivity (Wildman–Crippen MR) is 126 cm³/mol. The Morgan fingerprint density at radius 3 is 2.56 bits per heavy atom. The molecule has 0 unspecified atom stereocenters. The van der Waals surface area contributed by atoms with Crippen LogP contribution in [0.4, 0.5) is 5.82 Å². The van der Waals surface area contributed by atoms with Gasteiger partial charge in [0.2, 0.25) is 11.8 Å². The van der Waals surface area contributed by atoms with Crippen molar-refractivity contribution >= 4 is 17.6 Å². The van der Waals surface area contributed by atoms with Gasteiger partial charge in [-0.15, -0.1) is 0 Å². The van der Waals surface area contributed by atoms with Gasteiger partial charge in [0.1, 0.15) is 5.82 Å². The Balaban J connectivity index is 1.81. The van der Waals surface area contributed by atoms with Crippen molar-refractivity contribution in [2.75, 3.05) is 32.1 Å². The second-order valence-corrected chi connectivity index (χ2v) is 9.70. The summed E-state index contributed by atoms with van der Waals surface area (Å²) in [6.07, 6.45) is 3.95. The number of benzene rings is 1. The first-order chi connectivity index (χ1) is 15.2. The third-order valence-corrected chi connectivity index (χ3v) is 5.91. The van der Waals surface area contributed by atoms with Gasteiger partial charge in [-0.05, 0) is 37.5 Å². The molecule has 0 aliphatic heterocycles. The Kier molecular flexibility index (Phi) is 7.72. The molecule has 0 bridgehead atoms. The lowest BCUT2D eigenvalue weighted by Crippen LogP contribution is -2.42. The molecule has 7 heteroatoms. The van der Waals surface area contributed by atoms with Crippen LogP contribution in [-0.4, -0.2) is 53.3 Å². The number of rotatable bonds is 8. The highest BCUT2D eigenvalue weighted by molar-refractivity contribution is 5.94. The van der Waals surface area contributed by atoms with Crippen LogP contribution in [0.25, 0.3) is 5.69 Å². The number of nitrogens with zero attached hydrogens (tertiary/aromatic N) is 3. The van der Waals surface area contributed by atoms with E-state index in [9.17, 15) is 9.59 Å². The molecule has 174 valence electrons. The Morgan fingerprint density at radius 2 is 1.94 bits per heavy atom. The van der Waals surface area contributed by atoms with Gasteiger partial charge in [-0.3, -0.25) is 9.59 Å². The molecule has 1 saturated carbocycles. The predicted octanol–water partition coefficient (Wildman–Crippen LogP) is 4.08. The van der Waals surface area contributed by atoms with Crippen LogP contribution in [-0.2, 0) is 19.7 Å². The molecule has 2 aromatic rings. The number of aromatic nitrogens is 2. The van der Waals surface area contributed by atoms with Gasteiger partial charge in [0, 0.05) is 31.1 Å². The summed E-state index contributed by atoms with van der Waals surface area (Å²) < 4.78 is 6.94. The molecular weight excluding hydrogens is 404 g/mol. The summed E-state index contributed by atoms with van der Waals surface area (Å²) in [5.41, 5.74) is 2.71. The minimum Gasteiger partial charge on any atom is -0.383 e. The number of nitrogens with one attached hydrogen (secondary N) is 1. The van der Waals surface area contributed by atoms with E-state index in [4.69, 9.17) is 9.84 Å². The number of hydrogen-bond donors (Lipinski definition) is 1. The molecule has 1 fully saturated rings. The van der Waals surface area contributed by atoms with Gasteiger partial charge in [0.05, 0.1) is 24.5 Å². The lowest BCUT2D eigenvalue weighted by molar-refractivity contribution is -0.138. The summed E-state index contributed by atoms with van der Waals surface area (Å²) in [4.78, 5) is 27.6. The van der Waals surface area contributed by atoms with Gasteiger partial charge in [-0.25, -0.2) is 4.68 Å². The number of ether oxygens (including phenoxy) is 1. The van der Waals surface area contributed by atoms with Crippen LogP contribution in [0.1, 0.15) is 57.7 Å². The Bertz CT molecular complexity index is 939. The van der Waals surface area contributed by atoms with E-state index >= 15 is 0 Å². The van der Waals surface area contributed by atoms with Gasteiger partial charge in [0.25, 0.3) is 0 Å². The normalized spacial score (nSPS) is 14.5. The van der Waals surface area contributed by atoms with Crippen LogP contribution in [0.5, 0.6) is 0 Å². The third kappa shape index (κ3) is 5.97. The van der Waals surface area contributed by atoms with Crippen molar-refractivity contribution in [2.45, 2.75) is 58.8 Å². The largest absolute Gasteiger partial charge is 0.383 e. The highest BCUT2D eigenvalue weighted by Crippen LogP contribution is 2.28. The highest BCUT2D eigenvalue weighted by Gasteiger charge is 2.29. The Morgan fingerprint density at radius 1 is 1.22 bits per heavy atom. The Hall–Kier alpha value is -2.67. The molecular formula is C25H36N4O3. The van der Waals surface area contributed by atoms with Crippen molar-refractivity contribution in [2.24, 2.45) is 5.92 Å². The van der Waals surface area contributed by atoms with Gasteiger partial charge in [-0.1, -0.05) is 45.7 Å². The number of aryl methyl sites for hydroxylation is 1. The average Bonchev–Trinajstić information content (AvgIpc) is 3.40. The zero-order valence-corrected chi connectivity index (χ0v) is 20.0. The second-order valence-electron chi connectivity index (χ2n) is 9.70. The molecule has 3 rings (SSSR count). The van der Waals surface area contributed by atoms with E-state index in [1.165, 1.54) is 0 Å². The number of anilines is 1. The lowest BCUT2D eigenvalue weighted by Gasteiger charge is -2.25. The van der Waals surface area contributed by atoms with Crippen LogP contribution in [0, 0.1) is 12.8 Å². The van der Waals surface area contributed by atoms with Crippen molar-refractivity contribution in [3.05, 3.63) is 41.6 Å². The van der Waals surface area contributed by atoms with Gasteiger partial charge >= 0.3 is 0 Å². The maximum atomic E-state index is 13.0. The summed E-state index contributed by atoms with van der Waals surface area (Å²) >= 11 is 0. The van der Waals surface area contributed by atoms with E-state index in [-0.39, 0.29) is 29.7 Å². The topological polar surface area (TPSA) is 76.5 Å². The monoisotopic (exact) mass is 440 g/mol. The van der Waals surface area contributed by atoms with E-state index in [1.54, 1.807) is 16.7 Å². The second kappa shape index (κ2) is 10.3. The van der Waals surface area contributed by atoms with Crippen LogP contribution in [0.2, 0.25) is 0 Å². The molecule has 7 nitrogen and oxygen atoms in total. The zero-order valence-electron chi connectivity index (χ0n) is 20.0.